The molecule has 1 saturated heterocycles. The molecule has 1 fully saturated rings. The van der Waals surface area contributed by atoms with Gasteiger partial charge in [0.25, 0.3) is 0 Å². The number of hydrogen-bond acceptors (Lipinski definition) is 2. The second-order valence-electron chi connectivity index (χ2n) is 2.21. The molecule has 2 nitrogen and oxygen atoms in total. The lowest BCUT2D eigenvalue weighted by atomic mass is 10.1. The van der Waals surface area contributed by atoms with E-state index >= 15 is 0 Å². The summed E-state index contributed by atoms with van der Waals surface area (Å²) in [6.45, 7) is 3.08. The van der Waals surface area contributed by atoms with Gasteiger partial charge in [-0.2, -0.15) is 0 Å². The van der Waals surface area contributed by atoms with E-state index in [2.05, 4.69) is 0 Å². The summed E-state index contributed by atoms with van der Waals surface area (Å²) in [6, 6.07) is 0. The van der Waals surface area contributed by atoms with Crippen molar-refractivity contribution in [3.8, 4) is 0 Å². The molecule has 1 unspecified atom stereocenters. The van der Waals surface area contributed by atoms with Gasteiger partial charge in [-0.3, -0.25) is 0 Å². The van der Waals surface area contributed by atoms with Gasteiger partial charge in [0, 0.05) is 13.0 Å². The molecule has 1 N–H and O–H groups in total. The van der Waals surface area contributed by atoms with Crippen molar-refractivity contribution < 1.29 is 9.84 Å². The molecule has 0 bridgehead atoms. The van der Waals surface area contributed by atoms with Crippen LogP contribution in [0.4, 0.5) is 0 Å². The van der Waals surface area contributed by atoms with Gasteiger partial charge in [-0.25, -0.2) is 0 Å². The Morgan fingerprint density at radius 3 is 2.57 bits per heavy atom. The average molecular weight is 102 g/mol. The van der Waals surface area contributed by atoms with E-state index in [-0.39, 0.29) is 12.2 Å². The number of aliphatic hydroxyl groups excluding tert-OH is 1. The molecule has 0 radical (unpaired) electrons. The first kappa shape index (κ1) is 5.06. The Balaban J connectivity index is 2.13. The normalized spacial score (nSPS) is 38.6. The number of ether oxygens (including phenoxy) is 1. The predicted molar refractivity (Wildman–Crippen MR) is 26.1 cm³/mol. The van der Waals surface area contributed by atoms with Crippen molar-refractivity contribution in [1.29, 1.82) is 0 Å². The lowest BCUT2D eigenvalue weighted by Gasteiger charge is -1.96. The van der Waals surface area contributed by atoms with Gasteiger partial charge in [-0.15, -0.1) is 0 Å². The molecule has 1 atom stereocenters. The summed E-state index contributed by atoms with van der Waals surface area (Å²) in [5.41, 5.74) is 0.0503. The molecule has 0 aromatic carbocycles. The fraction of sp³-hybridized carbons (Fsp3) is 1.00. The molecule has 0 amide bonds. The Kier molecular flexibility index (Phi) is 1.05. The zero-order valence-corrected chi connectivity index (χ0v) is 4.48. The van der Waals surface area contributed by atoms with Crippen LogP contribution in [0.5, 0.6) is 0 Å². The van der Waals surface area contributed by atoms with Crippen LogP contribution in [0.1, 0.15) is 13.3 Å². The van der Waals surface area contributed by atoms with Gasteiger partial charge in [0.2, 0.25) is 0 Å². The Bertz CT molecular complexity index is 66.5. The summed E-state index contributed by atoms with van der Waals surface area (Å²) < 4.78 is 4.98. The molecular formula is C5H10O2. The van der Waals surface area contributed by atoms with E-state index < -0.39 is 0 Å². The van der Waals surface area contributed by atoms with Crippen LogP contribution in [0, 0.1) is 0 Å². The Labute approximate surface area is 43.1 Å². The van der Waals surface area contributed by atoms with Crippen molar-refractivity contribution in [1.82, 2.24) is 0 Å². The van der Waals surface area contributed by atoms with Gasteiger partial charge in [0.15, 0.2) is 0 Å². The number of aliphatic hydroxyl groups is 1. The maximum atomic E-state index is 8.36. The van der Waals surface area contributed by atoms with Crippen LogP contribution in [0.2, 0.25) is 0 Å². The van der Waals surface area contributed by atoms with E-state index in [1.54, 1.807) is 0 Å². The van der Waals surface area contributed by atoms with Crippen molar-refractivity contribution in [3.05, 3.63) is 0 Å². The van der Waals surface area contributed by atoms with Gasteiger partial charge in [-0.1, -0.05) is 0 Å². The summed E-state index contributed by atoms with van der Waals surface area (Å²) >= 11 is 0. The number of hydrogen-bond donors (Lipinski definition) is 1. The first-order valence-corrected chi connectivity index (χ1v) is 2.52. The zero-order valence-electron chi connectivity index (χ0n) is 4.48. The molecule has 0 aliphatic carbocycles. The highest BCUT2D eigenvalue weighted by atomic mass is 16.6. The monoisotopic (exact) mass is 102 g/mol. The van der Waals surface area contributed by atoms with Crippen LogP contribution in [-0.2, 0) is 4.74 Å². The van der Waals surface area contributed by atoms with Crippen molar-refractivity contribution in [2.24, 2.45) is 0 Å². The van der Waals surface area contributed by atoms with E-state index in [1.165, 1.54) is 0 Å². The molecule has 1 aliphatic heterocycles. The topological polar surface area (TPSA) is 32.8 Å². The Morgan fingerprint density at radius 2 is 2.43 bits per heavy atom. The number of rotatable bonds is 2. The third kappa shape index (κ3) is 1.14. The number of epoxide rings is 1. The van der Waals surface area contributed by atoms with E-state index in [9.17, 15) is 0 Å². The quantitative estimate of drug-likeness (QED) is 0.504. The van der Waals surface area contributed by atoms with Crippen LogP contribution >= 0.6 is 0 Å². The molecule has 0 saturated carbocycles. The van der Waals surface area contributed by atoms with Gasteiger partial charge < -0.3 is 9.84 Å². The highest BCUT2D eigenvalue weighted by Crippen LogP contribution is 2.28. The molecule has 7 heavy (non-hydrogen) atoms. The summed E-state index contributed by atoms with van der Waals surface area (Å²) in [4.78, 5) is 0. The minimum atomic E-state index is 0.0503. The first-order chi connectivity index (χ1) is 3.27. The van der Waals surface area contributed by atoms with Gasteiger partial charge in [0.1, 0.15) is 0 Å². The SMILES string of the molecule is CC1(CCO)CO1. The fourth-order valence-corrected chi connectivity index (χ4v) is 0.504. The van der Waals surface area contributed by atoms with Gasteiger partial charge >= 0.3 is 0 Å². The van der Waals surface area contributed by atoms with Crippen molar-refractivity contribution in [3.63, 3.8) is 0 Å². The minimum Gasteiger partial charge on any atom is -0.396 e. The molecule has 42 valence electrons. The fourth-order valence-electron chi connectivity index (χ4n) is 0.504. The van der Waals surface area contributed by atoms with Gasteiger partial charge in [-0.05, 0) is 6.92 Å². The molecular weight excluding hydrogens is 92.1 g/mol. The summed E-state index contributed by atoms with van der Waals surface area (Å²) in [6.07, 6.45) is 0.785. The zero-order chi connectivity index (χ0) is 5.33. The van der Waals surface area contributed by atoms with E-state index in [4.69, 9.17) is 9.84 Å². The highest BCUT2D eigenvalue weighted by molar-refractivity contribution is 4.85. The van der Waals surface area contributed by atoms with E-state index in [0.29, 0.717) is 0 Å². The lowest BCUT2D eigenvalue weighted by Crippen LogP contribution is -2.05. The summed E-state index contributed by atoms with van der Waals surface area (Å²) in [7, 11) is 0. The maximum Gasteiger partial charge on any atom is 0.0910 e. The second-order valence-corrected chi connectivity index (χ2v) is 2.21. The van der Waals surface area contributed by atoms with Gasteiger partial charge in [0.05, 0.1) is 12.2 Å². The Morgan fingerprint density at radius 1 is 1.86 bits per heavy atom. The molecule has 1 heterocycles. The van der Waals surface area contributed by atoms with Crippen LogP contribution in [-0.4, -0.2) is 23.9 Å². The van der Waals surface area contributed by atoms with E-state index in [0.717, 1.165) is 13.0 Å². The molecule has 0 aromatic heterocycles. The van der Waals surface area contributed by atoms with Crippen molar-refractivity contribution >= 4 is 0 Å². The second kappa shape index (κ2) is 1.46. The third-order valence-electron chi connectivity index (χ3n) is 1.28. The lowest BCUT2D eigenvalue weighted by molar-refractivity contribution is 0.224. The molecule has 0 aromatic rings. The maximum absolute atomic E-state index is 8.36. The predicted octanol–water partition coefficient (Wildman–Crippen LogP) is 0.158. The standard InChI is InChI=1S/C5H10O2/c1-5(2-3-6)4-7-5/h6H,2-4H2,1H3. The van der Waals surface area contributed by atoms with Crippen LogP contribution in [0.3, 0.4) is 0 Å². The largest absolute Gasteiger partial charge is 0.396 e. The smallest absolute Gasteiger partial charge is 0.0910 e. The van der Waals surface area contributed by atoms with Crippen LogP contribution in [0.15, 0.2) is 0 Å². The molecule has 2 heteroatoms. The highest BCUT2D eigenvalue weighted by Gasteiger charge is 2.37. The molecule has 0 spiro atoms. The average Bonchev–Trinajstić information content (AvgIpc) is 2.22. The molecule has 1 rings (SSSR count). The molecule has 1 aliphatic rings. The Hall–Kier alpha value is -0.0800. The van der Waals surface area contributed by atoms with Crippen LogP contribution in [0.25, 0.3) is 0 Å². The summed E-state index contributed by atoms with van der Waals surface area (Å²) in [5, 5.41) is 8.36. The summed E-state index contributed by atoms with van der Waals surface area (Å²) in [5.74, 6) is 0. The van der Waals surface area contributed by atoms with Crippen molar-refractivity contribution in [2.45, 2.75) is 18.9 Å². The van der Waals surface area contributed by atoms with Crippen LogP contribution < -0.4 is 0 Å². The van der Waals surface area contributed by atoms with Crippen molar-refractivity contribution in [2.75, 3.05) is 13.2 Å². The minimum absolute atomic E-state index is 0.0503. The van der Waals surface area contributed by atoms with E-state index in [1.807, 2.05) is 6.92 Å². The first-order valence-electron chi connectivity index (χ1n) is 2.52. The third-order valence-corrected chi connectivity index (χ3v) is 1.28.